The van der Waals surface area contributed by atoms with Crippen LogP contribution >= 0.6 is 0 Å². The van der Waals surface area contributed by atoms with Crippen LogP contribution in [0.1, 0.15) is 28.3 Å². The molecule has 1 nitrogen and oxygen atoms in total. The Bertz CT molecular complexity index is 546. The molecule has 2 rings (SSSR count). The van der Waals surface area contributed by atoms with Gasteiger partial charge in [-0.15, -0.1) is 0 Å². The van der Waals surface area contributed by atoms with Gasteiger partial charge in [-0.1, -0.05) is 42.0 Å². The molecule has 0 saturated heterocycles. The number of likely N-dealkylation sites (N-methyl/N-ethyl adjacent to an activating group) is 1. The minimum Gasteiger partial charge on any atom is -0.313 e. The molecular formula is C17H20FN. The molecule has 2 heteroatoms. The van der Waals surface area contributed by atoms with Crippen molar-refractivity contribution >= 4 is 0 Å². The maximum Gasteiger partial charge on any atom is 0.126 e. The Labute approximate surface area is 114 Å². The summed E-state index contributed by atoms with van der Waals surface area (Å²) in [7, 11) is 1.91. The van der Waals surface area contributed by atoms with Gasteiger partial charge in [-0.05, 0) is 50.1 Å². The van der Waals surface area contributed by atoms with E-state index in [0.717, 1.165) is 12.0 Å². The van der Waals surface area contributed by atoms with Crippen molar-refractivity contribution in [2.45, 2.75) is 26.3 Å². The Kier molecular flexibility index (Phi) is 4.33. The zero-order valence-electron chi connectivity index (χ0n) is 11.7. The highest BCUT2D eigenvalue weighted by molar-refractivity contribution is 5.29. The van der Waals surface area contributed by atoms with E-state index in [9.17, 15) is 4.39 Å². The standard InChI is InChI=1S/C17H20FN/c1-12-4-7-14(8-5-12)10-17(19-3)15-9-6-13(2)16(18)11-15/h4-9,11,17,19H,10H2,1-3H3. The van der Waals surface area contributed by atoms with E-state index in [2.05, 4.69) is 36.5 Å². The summed E-state index contributed by atoms with van der Waals surface area (Å²) in [5.41, 5.74) is 4.19. The van der Waals surface area contributed by atoms with E-state index in [4.69, 9.17) is 0 Å². The fourth-order valence-corrected chi connectivity index (χ4v) is 2.17. The Morgan fingerprint density at radius 1 is 1.05 bits per heavy atom. The van der Waals surface area contributed by atoms with Crippen molar-refractivity contribution in [3.05, 3.63) is 70.5 Å². The average molecular weight is 257 g/mol. The molecule has 2 aromatic rings. The van der Waals surface area contributed by atoms with E-state index in [-0.39, 0.29) is 11.9 Å². The van der Waals surface area contributed by atoms with E-state index in [0.29, 0.717) is 5.56 Å². The molecule has 0 radical (unpaired) electrons. The highest BCUT2D eigenvalue weighted by atomic mass is 19.1. The van der Waals surface area contributed by atoms with Crippen LogP contribution in [0.4, 0.5) is 4.39 Å². The summed E-state index contributed by atoms with van der Waals surface area (Å²) in [6.45, 7) is 3.86. The lowest BCUT2D eigenvalue weighted by Crippen LogP contribution is -2.19. The van der Waals surface area contributed by atoms with Gasteiger partial charge in [0.15, 0.2) is 0 Å². The first kappa shape index (κ1) is 13.8. The second kappa shape index (κ2) is 5.98. The number of benzene rings is 2. The topological polar surface area (TPSA) is 12.0 Å². The Morgan fingerprint density at radius 2 is 1.74 bits per heavy atom. The molecule has 0 fully saturated rings. The van der Waals surface area contributed by atoms with Crippen LogP contribution in [0.2, 0.25) is 0 Å². The summed E-state index contributed by atoms with van der Waals surface area (Å²) >= 11 is 0. The first-order valence-electron chi connectivity index (χ1n) is 6.59. The van der Waals surface area contributed by atoms with Crippen molar-refractivity contribution in [2.75, 3.05) is 7.05 Å². The molecule has 1 atom stereocenters. The maximum absolute atomic E-state index is 13.6. The average Bonchev–Trinajstić information content (AvgIpc) is 2.41. The molecule has 0 aliphatic carbocycles. The van der Waals surface area contributed by atoms with Gasteiger partial charge in [-0.25, -0.2) is 4.39 Å². The number of aryl methyl sites for hydroxylation is 2. The van der Waals surface area contributed by atoms with Crippen LogP contribution in [0.25, 0.3) is 0 Å². The number of hydrogen-bond acceptors (Lipinski definition) is 1. The summed E-state index contributed by atoms with van der Waals surface area (Å²) in [4.78, 5) is 0. The van der Waals surface area contributed by atoms with E-state index < -0.39 is 0 Å². The summed E-state index contributed by atoms with van der Waals surface area (Å²) in [6.07, 6.45) is 0.860. The maximum atomic E-state index is 13.6. The highest BCUT2D eigenvalue weighted by Gasteiger charge is 2.11. The van der Waals surface area contributed by atoms with E-state index in [1.165, 1.54) is 11.1 Å². The van der Waals surface area contributed by atoms with Gasteiger partial charge < -0.3 is 5.32 Å². The Balaban J connectivity index is 2.19. The molecule has 0 bridgehead atoms. The molecule has 0 amide bonds. The van der Waals surface area contributed by atoms with Crippen LogP contribution in [-0.2, 0) is 6.42 Å². The van der Waals surface area contributed by atoms with Gasteiger partial charge in [0.05, 0.1) is 0 Å². The van der Waals surface area contributed by atoms with E-state index in [1.807, 2.05) is 19.2 Å². The van der Waals surface area contributed by atoms with Crippen LogP contribution in [0.3, 0.4) is 0 Å². The Hall–Kier alpha value is -1.67. The lowest BCUT2D eigenvalue weighted by Gasteiger charge is -2.17. The molecule has 1 unspecified atom stereocenters. The van der Waals surface area contributed by atoms with Gasteiger partial charge in [-0.2, -0.15) is 0 Å². The molecule has 0 saturated carbocycles. The molecule has 100 valence electrons. The second-order valence-corrected chi connectivity index (χ2v) is 5.04. The number of rotatable bonds is 4. The molecule has 0 heterocycles. The summed E-state index contributed by atoms with van der Waals surface area (Å²) in [6, 6.07) is 14.1. The molecule has 19 heavy (non-hydrogen) atoms. The monoisotopic (exact) mass is 257 g/mol. The zero-order valence-corrected chi connectivity index (χ0v) is 11.7. The van der Waals surface area contributed by atoms with Crippen molar-refractivity contribution < 1.29 is 4.39 Å². The third-order valence-corrected chi connectivity index (χ3v) is 3.51. The van der Waals surface area contributed by atoms with Gasteiger partial charge in [0.2, 0.25) is 0 Å². The summed E-state index contributed by atoms with van der Waals surface area (Å²) in [5.74, 6) is -0.137. The van der Waals surface area contributed by atoms with Crippen LogP contribution in [-0.4, -0.2) is 7.05 Å². The Morgan fingerprint density at radius 3 is 2.32 bits per heavy atom. The number of hydrogen-bond donors (Lipinski definition) is 1. The van der Waals surface area contributed by atoms with Gasteiger partial charge in [0.1, 0.15) is 5.82 Å². The van der Waals surface area contributed by atoms with Crippen molar-refractivity contribution in [3.63, 3.8) is 0 Å². The molecule has 0 aliphatic rings. The minimum atomic E-state index is -0.137. The fourth-order valence-electron chi connectivity index (χ4n) is 2.17. The fraction of sp³-hybridized carbons (Fsp3) is 0.294. The third kappa shape index (κ3) is 3.42. The van der Waals surface area contributed by atoms with Gasteiger partial charge in [0.25, 0.3) is 0 Å². The normalized spacial score (nSPS) is 12.4. The van der Waals surface area contributed by atoms with Crippen LogP contribution < -0.4 is 5.32 Å². The lowest BCUT2D eigenvalue weighted by molar-refractivity contribution is 0.574. The van der Waals surface area contributed by atoms with Gasteiger partial charge >= 0.3 is 0 Å². The molecule has 1 N–H and O–H groups in total. The van der Waals surface area contributed by atoms with Crippen molar-refractivity contribution in [3.8, 4) is 0 Å². The van der Waals surface area contributed by atoms with E-state index in [1.54, 1.807) is 13.0 Å². The minimum absolute atomic E-state index is 0.137. The number of halogens is 1. The highest BCUT2D eigenvalue weighted by Crippen LogP contribution is 2.20. The quantitative estimate of drug-likeness (QED) is 0.874. The predicted molar refractivity (Wildman–Crippen MR) is 77.8 cm³/mol. The van der Waals surface area contributed by atoms with Crippen molar-refractivity contribution in [1.29, 1.82) is 0 Å². The molecule has 2 aromatic carbocycles. The van der Waals surface area contributed by atoms with E-state index >= 15 is 0 Å². The first-order chi connectivity index (χ1) is 9.10. The SMILES string of the molecule is CNC(Cc1ccc(C)cc1)c1ccc(C)c(F)c1. The number of nitrogens with one attached hydrogen (secondary N) is 1. The van der Waals surface area contributed by atoms with Crippen LogP contribution in [0.15, 0.2) is 42.5 Å². The molecule has 0 aliphatic heterocycles. The molecule has 0 aromatic heterocycles. The molecular weight excluding hydrogens is 237 g/mol. The largest absolute Gasteiger partial charge is 0.313 e. The van der Waals surface area contributed by atoms with Crippen LogP contribution in [0, 0.1) is 19.7 Å². The lowest BCUT2D eigenvalue weighted by atomic mass is 9.97. The zero-order chi connectivity index (χ0) is 13.8. The third-order valence-electron chi connectivity index (χ3n) is 3.51. The van der Waals surface area contributed by atoms with Gasteiger partial charge in [0, 0.05) is 6.04 Å². The first-order valence-corrected chi connectivity index (χ1v) is 6.59. The van der Waals surface area contributed by atoms with Crippen molar-refractivity contribution in [1.82, 2.24) is 5.32 Å². The second-order valence-electron chi connectivity index (χ2n) is 5.04. The van der Waals surface area contributed by atoms with Crippen LogP contribution in [0.5, 0.6) is 0 Å². The van der Waals surface area contributed by atoms with Gasteiger partial charge in [-0.3, -0.25) is 0 Å². The summed E-state index contributed by atoms with van der Waals surface area (Å²) < 4.78 is 13.6. The predicted octanol–water partition coefficient (Wildman–Crippen LogP) is 3.95. The van der Waals surface area contributed by atoms with Crippen molar-refractivity contribution in [2.24, 2.45) is 0 Å². The smallest absolute Gasteiger partial charge is 0.126 e. The summed E-state index contributed by atoms with van der Waals surface area (Å²) in [5, 5.41) is 3.26. The molecule has 0 spiro atoms.